The number of nitrogens with zero attached hydrogens (tertiary/aromatic N) is 2. The van der Waals surface area contributed by atoms with E-state index >= 15 is 0 Å². The molecule has 7 nitrogen and oxygen atoms in total. The molecule has 0 saturated carbocycles. The maximum Gasteiger partial charge on any atom is 0.494 e. The number of ether oxygens (including phenoxy) is 2. The predicted molar refractivity (Wildman–Crippen MR) is 114 cm³/mol. The lowest BCUT2D eigenvalue weighted by atomic mass is 9.78. The lowest BCUT2D eigenvalue weighted by molar-refractivity contribution is 0.00578. The Morgan fingerprint density at radius 3 is 2.43 bits per heavy atom. The van der Waals surface area contributed by atoms with Crippen LogP contribution in [-0.4, -0.2) is 54.1 Å². The predicted octanol–water partition coefficient (Wildman–Crippen LogP) is 3.25. The second-order valence-electron chi connectivity index (χ2n) is 9.91. The Balaban J connectivity index is 1.67. The molecule has 0 aromatic heterocycles. The van der Waals surface area contributed by atoms with Crippen LogP contribution in [0.4, 0.5) is 4.79 Å². The highest BCUT2D eigenvalue weighted by Crippen LogP contribution is 2.36. The van der Waals surface area contributed by atoms with Crippen molar-refractivity contribution in [1.82, 2.24) is 4.90 Å². The van der Waals surface area contributed by atoms with Crippen molar-refractivity contribution in [3.63, 3.8) is 0 Å². The summed E-state index contributed by atoms with van der Waals surface area (Å²) >= 11 is 0. The van der Waals surface area contributed by atoms with E-state index in [1.54, 1.807) is 17.0 Å². The van der Waals surface area contributed by atoms with Crippen LogP contribution in [0.25, 0.3) is 0 Å². The summed E-state index contributed by atoms with van der Waals surface area (Å²) in [7, 11) is -0.537. The quantitative estimate of drug-likeness (QED) is 0.707. The lowest BCUT2D eigenvalue weighted by Crippen LogP contribution is -2.41. The molecule has 0 spiro atoms. The Morgan fingerprint density at radius 1 is 1.23 bits per heavy atom. The molecule has 0 aliphatic carbocycles. The van der Waals surface area contributed by atoms with E-state index in [2.05, 4.69) is 6.07 Å². The van der Waals surface area contributed by atoms with Crippen LogP contribution >= 0.6 is 0 Å². The van der Waals surface area contributed by atoms with Crippen molar-refractivity contribution in [3.05, 3.63) is 23.8 Å². The van der Waals surface area contributed by atoms with Gasteiger partial charge in [-0.3, -0.25) is 0 Å². The standard InChI is InChI=1S/C22H31BN2O5/c1-20(2,3)28-19(26)25-11-10-17(14-25)27-18-9-8-16(12-15(18)13-24)23-29-21(4,5)22(6,7)30-23/h8-9,12,17H,10-11,14H2,1-7H3/t17-/m0/s1. The van der Waals surface area contributed by atoms with E-state index in [0.29, 0.717) is 30.8 Å². The number of rotatable bonds is 3. The first-order valence-electron chi connectivity index (χ1n) is 10.4. The summed E-state index contributed by atoms with van der Waals surface area (Å²) in [4.78, 5) is 13.9. The maximum absolute atomic E-state index is 12.2. The van der Waals surface area contributed by atoms with Gasteiger partial charge in [-0.25, -0.2) is 4.79 Å². The molecular formula is C22H31BN2O5. The summed E-state index contributed by atoms with van der Waals surface area (Å²) in [5.74, 6) is 0.494. The van der Waals surface area contributed by atoms with Crippen molar-refractivity contribution in [1.29, 1.82) is 5.26 Å². The molecule has 8 heteroatoms. The first-order valence-corrected chi connectivity index (χ1v) is 10.4. The number of likely N-dealkylation sites (tertiary alicyclic amines) is 1. The number of hydrogen-bond donors (Lipinski definition) is 0. The third-order valence-electron chi connectivity index (χ3n) is 5.74. The van der Waals surface area contributed by atoms with Crippen LogP contribution in [-0.2, 0) is 14.0 Å². The van der Waals surface area contributed by atoms with Gasteiger partial charge in [0.15, 0.2) is 0 Å². The van der Waals surface area contributed by atoms with Crippen LogP contribution in [0, 0.1) is 11.3 Å². The number of benzene rings is 1. The van der Waals surface area contributed by atoms with E-state index in [4.69, 9.17) is 18.8 Å². The molecule has 2 aliphatic heterocycles. The first-order chi connectivity index (χ1) is 13.8. The number of amides is 1. The molecule has 30 heavy (non-hydrogen) atoms. The van der Waals surface area contributed by atoms with Crippen LogP contribution < -0.4 is 10.2 Å². The zero-order chi connectivity index (χ0) is 22.3. The molecule has 162 valence electrons. The fraction of sp³-hybridized carbons (Fsp3) is 0.636. The summed E-state index contributed by atoms with van der Waals surface area (Å²) in [6.45, 7) is 14.5. The summed E-state index contributed by atoms with van der Waals surface area (Å²) in [6.07, 6.45) is 0.154. The van der Waals surface area contributed by atoms with Gasteiger partial charge in [-0.15, -0.1) is 0 Å². The molecule has 2 fully saturated rings. The Hall–Kier alpha value is -2.24. The molecule has 2 aliphatic rings. The Morgan fingerprint density at radius 2 is 1.87 bits per heavy atom. The smallest absolute Gasteiger partial charge is 0.487 e. The number of carbonyl (C=O) groups is 1. The van der Waals surface area contributed by atoms with Crippen molar-refractivity contribution in [2.45, 2.75) is 77.8 Å². The zero-order valence-electron chi connectivity index (χ0n) is 18.9. The van der Waals surface area contributed by atoms with Crippen molar-refractivity contribution >= 4 is 18.7 Å². The molecule has 3 rings (SSSR count). The average molecular weight is 414 g/mol. The monoisotopic (exact) mass is 414 g/mol. The molecule has 1 aromatic carbocycles. The van der Waals surface area contributed by atoms with Gasteiger partial charge in [-0.05, 0) is 66.1 Å². The van der Waals surface area contributed by atoms with Gasteiger partial charge in [0.1, 0.15) is 23.5 Å². The second kappa shape index (κ2) is 7.79. The highest BCUT2D eigenvalue weighted by molar-refractivity contribution is 6.62. The summed E-state index contributed by atoms with van der Waals surface area (Å²) in [5, 5.41) is 9.64. The fourth-order valence-electron chi connectivity index (χ4n) is 3.36. The van der Waals surface area contributed by atoms with Gasteiger partial charge in [-0.1, -0.05) is 6.07 Å². The van der Waals surface area contributed by atoms with Crippen molar-refractivity contribution < 1.29 is 23.6 Å². The molecule has 2 heterocycles. The molecule has 1 amide bonds. The van der Waals surface area contributed by atoms with Crippen LogP contribution in [0.2, 0.25) is 0 Å². The van der Waals surface area contributed by atoms with E-state index in [1.165, 1.54) is 0 Å². The number of carbonyl (C=O) groups excluding carboxylic acids is 1. The largest absolute Gasteiger partial charge is 0.494 e. The lowest BCUT2D eigenvalue weighted by Gasteiger charge is -2.32. The van der Waals surface area contributed by atoms with Gasteiger partial charge >= 0.3 is 13.2 Å². The van der Waals surface area contributed by atoms with Crippen molar-refractivity contribution in [2.24, 2.45) is 0 Å². The summed E-state index contributed by atoms with van der Waals surface area (Å²) in [6, 6.07) is 7.58. The van der Waals surface area contributed by atoms with Gasteiger partial charge in [0.25, 0.3) is 0 Å². The van der Waals surface area contributed by atoms with E-state index in [-0.39, 0.29) is 12.2 Å². The fourth-order valence-corrected chi connectivity index (χ4v) is 3.36. The minimum atomic E-state index is -0.537. The maximum atomic E-state index is 12.2. The topological polar surface area (TPSA) is 81.0 Å². The molecule has 0 radical (unpaired) electrons. The molecule has 2 saturated heterocycles. The van der Waals surface area contributed by atoms with Crippen LogP contribution in [0.3, 0.4) is 0 Å². The van der Waals surface area contributed by atoms with E-state index in [9.17, 15) is 10.1 Å². The Labute approximate surface area is 179 Å². The second-order valence-corrected chi connectivity index (χ2v) is 9.91. The highest BCUT2D eigenvalue weighted by atomic mass is 16.7. The zero-order valence-corrected chi connectivity index (χ0v) is 18.9. The molecular weight excluding hydrogens is 383 g/mol. The van der Waals surface area contributed by atoms with Gasteiger partial charge in [0, 0.05) is 13.0 Å². The Bertz CT molecular complexity index is 840. The molecule has 1 atom stereocenters. The van der Waals surface area contributed by atoms with Gasteiger partial charge in [0.2, 0.25) is 0 Å². The molecule has 0 unspecified atom stereocenters. The normalized spacial score (nSPS) is 22.7. The minimum absolute atomic E-state index is 0.188. The minimum Gasteiger partial charge on any atom is -0.487 e. The van der Waals surface area contributed by atoms with Crippen LogP contribution in [0.1, 0.15) is 60.5 Å². The molecule has 1 aromatic rings. The van der Waals surface area contributed by atoms with E-state index < -0.39 is 23.9 Å². The summed E-state index contributed by atoms with van der Waals surface area (Å²) < 4.78 is 23.6. The highest BCUT2D eigenvalue weighted by Gasteiger charge is 2.51. The van der Waals surface area contributed by atoms with Crippen LogP contribution in [0.5, 0.6) is 5.75 Å². The number of hydrogen-bond acceptors (Lipinski definition) is 6. The first kappa shape index (κ1) is 22.5. The average Bonchev–Trinajstić information content (AvgIpc) is 3.16. The SMILES string of the molecule is CC(C)(C)OC(=O)N1CC[C@H](Oc2ccc(B3OC(C)(C)C(C)(C)O3)cc2C#N)C1. The van der Waals surface area contributed by atoms with Crippen LogP contribution in [0.15, 0.2) is 18.2 Å². The van der Waals surface area contributed by atoms with E-state index in [1.807, 2.05) is 54.5 Å². The van der Waals surface area contributed by atoms with Gasteiger partial charge in [-0.2, -0.15) is 5.26 Å². The molecule has 0 bridgehead atoms. The number of nitriles is 1. The van der Waals surface area contributed by atoms with Gasteiger partial charge < -0.3 is 23.7 Å². The van der Waals surface area contributed by atoms with Gasteiger partial charge in [0.05, 0.1) is 23.3 Å². The third kappa shape index (κ3) is 4.74. The van der Waals surface area contributed by atoms with Crippen molar-refractivity contribution in [3.8, 4) is 11.8 Å². The third-order valence-corrected chi connectivity index (χ3v) is 5.74. The van der Waals surface area contributed by atoms with E-state index in [0.717, 1.165) is 5.46 Å². The van der Waals surface area contributed by atoms with Crippen molar-refractivity contribution in [2.75, 3.05) is 13.1 Å². The molecule has 0 N–H and O–H groups in total. The Kier molecular flexibility index (Phi) is 5.83. The summed E-state index contributed by atoms with van der Waals surface area (Å²) in [5.41, 5.74) is -0.242.